The molecule has 0 aliphatic heterocycles. The van der Waals surface area contributed by atoms with Crippen molar-refractivity contribution in [3.63, 3.8) is 0 Å². The third-order valence-corrected chi connectivity index (χ3v) is 3.59. The molecule has 0 N–H and O–H groups in total. The summed E-state index contributed by atoms with van der Waals surface area (Å²) in [4.78, 5) is 24.8. The summed E-state index contributed by atoms with van der Waals surface area (Å²) in [5, 5.41) is 12.4. The van der Waals surface area contributed by atoms with Crippen molar-refractivity contribution in [2.24, 2.45) is 0 Å². The Morgan fingerprint density at radius 1 is 0.950 bits per heavy atom. The summed E-state index contributed by atoms with van der Waals surface area (Å²) in [6, 6.07) is 13.2. The fraction of sp³-hybridized carbons (Fsp3) is 0. The molecule has 0 amide bonds. The van der Waals surface area contributed by atoms with Crippen LogP contribution in [0.4, 0.5) is 0 Å². The summed E-state index contributed by atoms with van der Waals surface area (Å²) in [7, 11) is 0. The fourth-order valence-electron chi connectivity index (χ4n) is 2.69. The van der Waals surface area contributed by atoms with Gasteiger partial charge in [-0.1, -0.05) is 30.3 Å². The second kappa shape index (κ2) is 3.54. The molecule has 5 nitrogen and oxygen atoms in total. The van der Waals surface area contributed by atoms with E-state index in [1.165, 1.54) is 6.07 Å². The van der Waals surface area contributed by atoms with Crippen molar-refractivity contribution in [3.8, 4) is 11.3 Å². The Hall–Kier alpha value is -2.95. The number of fused-ring (bicyclic) bond motifs is 4. The molecule has 0 unspecified atom stereocenters. The Balaban J connectivity index is 2.29. The highest BCUT2D eigenvalue weighted by atomic mass is 16.5. The van der Waals surface area contributed by atoms with Gasteiger partial charge in [0, 0.05) is 16.5 Å². The van der Waals surface area contributed by atoms with Crippen molar-refractivity contribution in [1.29, 1.82) is 0 Å². The molecule has 1 aromatic heterocycles. The molecule has 0 saturated heterocycles. The minimum Gasteiger partial charge on any atom is -0.805 e. The van der Waals surface area contributed by atoms with Gasteiger partial charge in [-0.15, -0.1) is 0 Å². The highest BCUT2D eigenvalue weighted by Crippen LogP contribution is 2.34. The van der Waals surface area contributed by atoms with Crippen LogP contribution >= 0.6 is 0 Å². The quantitative estimate of drug-likeness (QED) is 0.457. The summed E-state index contributed by atoms with van der Waals surface area (Å²) < 4.78 is 1.23. The lowest BCUT2D eigenvalue weighted by atomic mass is 10.1. The van der Waals surface area contributed by atoms with Crippen LogP contribution in [0.25, 0.3) is 22.3 Å². The lowest BCUT2D eigenvalue weighted by molar-refractivity contribution is -0.451. The first kappa shape index (κ1) is 10.9. The molecule has 4 rings (SSSR count). The number of ketones is 1. The molecule has 5 heteroatoms. The largest absolute Gasteiger partial charge is 0.805 e. The van der Waals surface area contributed by atoms with Crippen molar-refractivity contribution in [3.05, 3.63) is 69.9 Å². The highest BCUT2D eigenvalue weighted by molar-refractivity contribution is 6.20. The van der Waals surface area contributed by atoms with Gasteiger partial charge in [-0.25, -0.2) is 0 Å². The number of rotatable bonds is 0. The van der Waals surface area contributed by atoms with E-state index in [9.17, 15) is 14.9 Å². The molecular weight excluding hydrogens is 256 g/mol. The van der Waals surface area contributed by atoms with Crippen LogP contribution in [-0.2, 0) is 0 Å². The van der Waals surface area contributed by atoms with Crippen molar-refractivity contribution in [1.82, 2.24) is 4.73 Å². The van der Waals surface area contributed by atoms with Gasteiger partial charge in [0.1, 0.15) is 5.52 Å². The minimum absolute atomic E-state index is 0.0973. The zero-order valence-corrected chi connectivity index (χ0v) is 10.2. The Kier molecular flexibility index (Phi) is 1.93. The van der Waals surface area contributed by atoms with Crippen LogP contribution in [0, 0.1) is 10.1 Å². The zero-order valence-electron chi connectivity index (χ0n) is 10.2. The molecule has 1 aliphatic rings. The van der Waals surface area contributed by atoms with E-state index in [4.69, 9.17) is 0 Å². The molecule has 1 heterocycles. The molecule has 0 saturated carbocycles. The highest BCUT2D eigenvalue weighted by Gasteiger charge is 2.37. The van der Waals surface area contributed by atoms with Crippen LogP contribution in [0.15, 0.2) is 48.5 Å². The molecule has 0 atom stereocenters. The molecule has 20 heavy (non-hydrogen) atoms. The number of hydrogen-bond donors (Lipinski definition) is 0. The van der Waals surface area contributed by atoms with Gasteiger partial charge in [0.2, 0.25) is 5.78 Å². The molecule has 96 valence electrons. The molecule has 0 fully saturated rings. The minimum atomic E-state index is -0.402. The Labute approximate surface area is 112 Å². The van der Waals surface area contributed by atoms with Crippen LogP contribution in [0.1, 0.15) is 16.1 Å². The van der Waals surface area contributed by atoms with Crippen molar-refractivity contribution in [2.75, 3.05) is 0 Å². The Bertz CT molecular complexity index is 957. The van der Waals surface area contributed by atoms with Gasteiger partial charge >= 0.3 is 0 Å². The van der Waals surface area contributed by atoms with Gasteiger partial charge < -0.3 is 9.94 Å². The topological polar surface area (TPSA) is 68.0 Å². The van der Waals surface area contributed by atoms with E-state index in [1.807, 2.05) is 0 Å². The predicted molar refractivity (Wildman–Crippen MR) is 72.9 cm³/mol. The number of hydrogen-bond acceptors (Lipinski definition) is 3. The third kappa shape index (κ3) is 1.14. The van der Waals surface area contributed by atoms with Gasteiger partial charge in [-0.3, -0.25) is 4.79 Å². The summed E-state index contributed by atoms with van der Waals surface area (Å²) >= 11 is 0. The summed E-state index contributed by atoms with van der Waals surface area (Å²) in [5.41, 5.74) is 1.40. The molecular formula is C15H8N2O3. The summed E-state index contributed by atoms with van der Waals surface area (Å²) in [6.07, 6.45) is 0. The van der Waals surface area contributed by atoms with E-state index < -0.39 is 5.78 Å². The van der Waals surface area contributed by atoms with Crippen LogP contribution in [0.2, 0.25) is 0 Å². The number of benzene rings is 2. The maximum atomic E-state index is 12.5. The molecule has 2 aromatic carbocycles. The lowest BCUT2D eigenvalue weighted by Gasteiger charge is -2.14. The van der Waals surface area contributed by atoms with E-state index in [0.29, 0.717) is 20.3 Å². The molecule has 0 spiro atoms. The van der Waals surface area contributed by atoms with Crippen molar-refractivity contribution in [2.45, 2.75) is 0 Å². The van der Waals surface area contributed by atoms with Crippen LogP contribution in [0.3, 0.4) is 0 Å². The smallest absolute Gasteiger partial charge is 0.298 e. The number of carbonyl (C=O) groups is 1. The van der Waals surface area contributed by atoms with E-state index >= 15 is 0 Å². The number of para-hydroxylation sites is 2. The van der Waals surface area contributed by atoms with Crippen LogP contribution < -0.4 is 4.43 Å². The second-order valence-electron chi connectivity index (χ2n) is 4.65. The number of nitrogens with zero attached hydrogens (tertiary/aromatic N) is 2. The standard InChI is InChI=1S/C15H8N2O3/c18-15-10-6-2-1-5-9(10)13-14(15)17(20)12-8-4-3-7-11(12)16(13)19/h1-8H. The average molecular weight is 264 g/mol. The maximum absolute atomic E-state index is 12.5. The lowest BCUT2D eigenvalue weighted by Crippen LogP contribution is -2.24. The van der Waals surface area contributed by atoms with Crippen LogP contribution in [-0.4, -0.2) is 10.5 Å². The number of carbonyl (C=O) groups excluding carboxylic acids is 1. The van der Waals surface area contributed by atoms with E-state index in [2.05, 4.69) is 0 Å². The predicted octanol–water partition coefficient (Wildman–Crippen LogP) is 2.11. The average Bonchev–Trinajstić information content (AvgIpc) is 2.79. The molecule has 0 radical (unpaired) electrons. The first-order chi connectivity index (χ1) is 9.70. The Morgan fingerprint density at radius 3 is 2.40 bits per heavy atom. The third-order valence-electron chi connectivity index (χ3n) is 3.59. The van der Waals surface area contributed by atoms with E-state index in [1.54, 1.807) is 42.5 Å². The van der Waals surface area contributed by atoms with Crippen LogP contribution in [0.5, 0.6) is 0 Å². The number of aromatic nitrogens is 2. The summed E-state index contributed by atoms with van der Waals surface area (Å²) in [5.74, 6) is -0.402. The van der Waals surface area contributed by atoms with Gasteiger partial charge in [0.15, 0.2) is 5.69 Å². The Morgan fingerprint density at radius 2 is 1.60 bits per heavy atom. The molecule has 1 aliphatic carbocycles. The zero-order chi connectivity index (χ0) is 13.9. The normalized spacial score (nSPS) is 12.5. The first-order valence-corrected chi connectivity index (χ1v) is 6.12. The first-order valence-electron chi connectivity index (χ1n) is 6.12. The monoisotopic (exact) mass is 264 g/mol. The molecule has 0 bridgehead atoms. The SMILES string of the molecule is O=C1c2ccccc2-c2c1n([O-])c1ccccc1[n+]2=O. The molecule has 3 aromatic rings. The maximum Gasteiger partial charge on any atom is 0.298 e. The van der Waals surface area contributed by atoms with Gasteiger partial charge in [0.05, 0.1) is 9.99 Å². The van der Waals surface area contributed by atoms with Crippen molar-refractivity contribution < 1.29 is 9.22 Å². The van der Waals surface area contributed by atoms with Gasteiger partial charge in [0.25, 0.3) is 11.2 Å². The van der Waals surface area contributed by atoms with E-state index in [-0.39, 0.29) is 22.4 Å². The summed E-state index contributed by atoms with van der Waals surface area (Å²) in [6.45, 7) is 0. The van der Waals surface area contributed by atoms with Crippen molar-refractivity contribution >= 4 is 16.8 Å². The second-order valence-corrected chi connectivity index (χ2v) is 4.65. The fourth-order valence-corrected chi connectivity index (χ4v) is 2.69. The van der Waals surface area contributed by atoms with Gasteiger partial charge in [-0.2, -0.15) is 0 Å². The van der Waals surface area contributed by atoms with E-state index in [0.717, 1.165) is 0 Å². The van der Waals surface area contributed by atoms with Gasteiger partial charge in [-0.05, 0) is 12.1 Å².